The van der Waals surface area contributed by atoms with Crippen molar-refractivity contribution in [3.8, 4) is 0 Å². The molecule has 0 saturated carbocycles. The third-order valence-corrected chi connectivity index (χ3v) is 4.07. The molecule has 0 radical (unpaired) electrons. The van der Waals surface area contributed by atoms with Crippen molar-refractivity contribution in [3.63, 3.8) is 0 Å². The van der Waals surface area contributed by atoms with Gasteiger partial charge in [-0.1, -0.05) is 19.8 Å². The fraction of sp³-hybridized carbons (Fsp3) is 0.733. The van der Waals surface area contributed by atoms with Crippen LogP contribution in [0.4, 0.5) is 0 Å². The van der Waals surface area contributed by atoms with Crippen LogP contribution in [0.25, 0.3) is 0 Å². The molecule has 0 amide bonds. The molecule has 1 fully saturated rings. The number of nitrogens with zero attached hydrogens (tertiary/aromatic N) is 1. The predicted octanol–water partition coefficient (Wildman–Crippen LogP) is 3.06. The standard InChI is InChI=1S/C15H26N2O/c1-3-4-13-5-7-17(8-6-13)11-14-9-15(10-16)18-12(14)2/h9,13H,3-8,10-11,16H2,1-2H3. The molecule has 18 heavy (non-hydrogen) atoms. The van der Waals surface area contributed by atoms with Crippen LogP contribution in [0.5, 0.6) is 0 Å². The van der Waals surface area contributed by atoms with Gasteiger partial charge >= 0.3 is 0 Å². The number of nitrogens with two attached hydrogens (primary N) is 1. The minimum atomic E-state index is 0.499. The van der Waals surface area contributed by atoms with Gasteiger partial charge in [0.25, 0.3) is 0 Å². The molecule has 1 aliphatic heterocycles. The predicted molar refractivity (Wildman–Crippen MR) is 74.2 cm³/mol. The molecule has 2 heterocycles. The average molecular weight is 250 g/mol. The third kappa shape index (κ3) is 3.36. The summed E-state index contributed by atoms with van der Waals surface area (Å²) in [7, 11) is 0. The van der Waals surface area contributed by atoms with E-state index < -0.39 is 0 Å². The lowest BCUT2D eigenvalue weighted by atomic mass is 9.92. The molecular weight excluding hydrogens is 224 g/mol. The molecule has 0 aliphatic carbocycles. The molecule has 2 rings (SSSR count). The number of aryl methyl sites for hydroxylation is 1. The summed E-state index contributed by atoms with van der Waals surface area (Å²) in [5.41, 5.74) is 6.92. The first-order chi connectivity index (χ1) is 8.72. The topological polar surface area (TPSA) is 42.4 Å². The second-order valence-corrected chi connectivity index (χ2v) is 5.51. The summed E-state index contributed by atoms with van der Waals surface area (Å²) in [4.78, 5) is 2.55. The van der Waals surface area contributed by atoms with Gasteiger partial charge in [-0.2, -0.15) is 0 Å². The van der Waals surface area contributed by atoms with Crippen molar-refractivity contribution in [2.45, 2.75) is 52.6 Å². The summed E-state index contributed by atoms with van der Waals surface area (Å²) in [6.45, 7) is 8.31. The molecule has 2 N–H and O–H groups in total. The molecule has 3 heteroatoms. The zero-order chi connectivity index (χ0) is 13.0. The van der Waals surface area contributed by atoms with Gasteiger partial charge in [0.15, 0.2) is 0 Å². The Morgan fingerprint density at radius 2 is 2.11 bits per heavy atom. The van der Waals surface area contributed by atoms with Crippen LogP contribution in [0.3, 0.4) is 0 Å². The van der Waals surface area contributed by atoms with Crippen molar-refractivity contribution in [2.75, 3.05) is 13.1 Å². The van der Waals surface area contributed by atoms with Crippen LogP contribution in [0.2, 0.25) is 0 Å². The molecule has 1 aliphatic rings. The molecule has 1 aromatic rings. The highest BCUT2D eigenvalue weighted by Gasteiger charge is 2.19. The lowest BCUT2D eigenvalue weighted by Gasteiger charge is -2.31. The number of furan rings is 1. The summed E-state index contributed by atoms with van der Waals surface area (Å²) in [6, 6.07) is 2.12. The van der Waals surface area contributed by atoms with Crippen LogP contribution in [0, 0.1) is 12.8 Å². The minimum Gasteiger partial charge on any atom is -0.465 e. The highest BCUT2D eigenvalue weighted by molar-refractivity contribution is 5.20. The summed E-state index contributed by atoms with van der Waals surface area (Å²) >= 11 is 0. The van der Waals surface area contributed by atoms with E-state index in [1.54, 1.807) is 0 Å². The number of likely N-dealkylation sites (tertiary alicyclic amines) is 1. The summed E-state index contributed by atoms with van der Waals surface area (Å²) < 4.78 is 5.61. The van der Waals surface area contributed by atoms with Crippen molar-refractivity contribution in [1.82, 2.24) is 4.90 Å². The van der Waals surface area contributed by atoms with Crippen LogP contribution in [-0.2, 0) is 13.1 Å². The second-order valence-electron chi connectivity index (χ2n) is 5.51. The van der Waals surface area contributed by atoms with E-state index >= 15 is 0 Å². The van der Waals surface area contributed by atoms with Gasteiger partial charge in [0.2, 0.25) is 0 Å². The Kier molecular flexibility index (Phi) is 4.84. The van der Waals surface area contributed by atoms with Crippen LogP contribution >= 0.6 is 0 Å². The van der Waals surface area contributed by atoms with E-state index in [0.29, 0.717) is 6.54 Å². The summed E-state index contributed by atoms with van der Waals surface area (Å²) in [5.74, 6) is 2.89. The molecule has 0 bridgehead atoms. The van der Waals surface area contributed by atoms with Gasteiger partial charge in [0.05, 0.1) is 6.54 Å². The lowest BCUT2D eigenvalue weighted by molar-refractivity contribution is 0.171. The first kappa shape index (κ1) is 13.6. The smallest absolute Gasteiger partial charge is 0.118 e. The fourth-order valence-electron chi connectivity index (χ4n) is 2.93. The van der Waals surface area contributed by atoms with Crippen molar-refractivity contribution >= 4 is 0 Å². The Hall–Kier alpha value is -0.800. The number of hydrogen-bond donors (Lipinski definition) is 1. The monoisotopic (exact) mass is 250 g/mol. The highest BCUT2D eigenvalue weighted by atomic mass is 16.3. The zero-order valence-corrected chi connectivity index (χ0v) is 11.7. The molecule has 0 spiro atoms. The Morgan fingerprint density at radius 3 is 2.67 bits per heavy atom. The van der Waals surface area contributed by atoms with E-state index in [9.17, 15) is 0 Å². The van der Waals surface area contributed by atoms with E-state index in [4.69, 9.17) is 10.2 Å². The average Bonchev–Trinajstić information content (AvgIpc) is 2.73. The van der Waals surface area contributed by atoms with Crippen LogP contribution < -0.4 is 5.73 Å². The number of hydrogen-bond acceptors (Lipinski definition) is 3. The Morgan fingerprint density at radius 1 is 1.39 bits per heavy atom. The van der Waals surface area contributed by atoms with E-state index in [2.05, 4.69) is 17.9 Å². The zero-order valence-electron chi connectivity index (χ0n) is 11.7. The van der Waals surface area contributed by atoms with Crippen molar-refractivity contribution < 1.29 is 4.42 Å². The van der Waals surface area contributed by atoms with Crippen LogP contribution in [-0.4, -0.2) is 18.0 Å². The Labute approximate surface area is 110 Å². The molecule has 1 aromatic heterocycles. The van der Waals surface area contributed by atoms with Crippen LogP contribution in [0.15, 0.2) is 10.5 Å². The highest BCUT2D eigenvalue weighted by Crippen LogP contribution is 2.24. The van der Waals surface area contributed by atoms with E-state index in [-0.39, 0.29) is 0 Å². The minimum absolute atomic E-state index is 0.499. The molecule has 0 aromatic carbocycles. The van der Waals surface area contributed by atoms with E-state index in [1.165, 1.54) is 44.3 Å². The van der Waals surface area contributed by atoms with Gasteiger partial charge in [-0.25, -0.2) is 0 Å². The maximum atomic E-state index is 5.61. The largest absolute Gasteiger partial charge is 0.465 e. The fourth-order valence-corrected chi connectivity index (χ4v) is 2.93. The van der Waals surface area contributed by atoms with Gasteiger partial charge in [-0.15, -0.1) is 0 Å². The molecular formula is C15H26N2O. The third-order valence-electron chi connectivity index (χ3n) is 4.07. The SMILES string of the molecule is CCCC1CCN(Cc2cc(CN)oc2C)CC1. The van der Waals surface area contributed by atoms with Gasteiger partial charge < -0.3 is 10.2 Å². The van der Waals surface area contributed by atoms with Crippen molar-refractivity contribution in [2.24, 2.45) is 11.7 Å². The molecule has 1 saturated heterocycles. The number of piperidine rings is 1. The van der Waals surface area contributed by atoms with Gasteiger partial charge in [-0.3, -0.25) is 4.90 Å². The van der Waals surface area contributed by atoms with Gasteiger partial charge in [0.1, 0.15) is 11.5 Å². The maximum absolute atomic E-state index is 5.61. The quantitative estimate of drug-likeness (QED) is 0.873. The summed E-state index contributed by atoms with van der Waals surface area (Å²) in [6.07, 6.45) is 5.43. The van der Waals surface area contributed by atoms with Gasteiger partial charge in [-0.05, 0) is 44.8 Å². The van der Waals surface area contributed by atoms with Gasteiger partial charge in [0, 0.05) is 12.1 Å². The molecule has 0 atom stereocenters. The Bertz CT molecular complexity index is 365. The van der Waals surface area contributed by atoms with Crippen LogP contribution in [0.1, 0.15) is 49.7 Å². The lowest BCUT2D eigenvalue weighted by Crippen LogP contribution is -2.33. The molecule has 3 nitrogen and oxygen atoms in total. The van der Waals surface area contributed by atoms with Crippen molar-refractivity contribution in [1.29, 1.82) is 0 Å². The van der Waals surface area contributed by atoms with Crippen molar-refractivity contribution in [3.05, 3.63) is 23.2 Å². The Balaban J connectivity index is 1.85. The maximum Gasteiger partial charge on any atom is 0.118 e. The first-order valence-corrected chi connectivity index (χ1v) is 7.23. The van der Waals surface area contributed by atoms with E-state index in [0.717, 1.165) is 24.0 Å². The first-order valence-electron chi connectivity index (χ1n) is 7.23. The summed E-state index contributed by atoms with van der Waals surface area (Å²) in [5, 5.41) is 0. The second kappa shape index (κ2) is 6.39. The van der Waals surface area contributed by atoms with E-state index in [1.807, 2.05) is 6.92 Å². The normalized spacial score (nSPS) is 18.4. The number of rotatable bonds is 5. The molecule has 0 unspecified atom stereocenters. The molecule has 102 valence electrons.